The molecule has 0 unspecified atom stereocenters. The fraction of sp³-hybridized carbons (Fsp3) is 0.591. The van der Waals surface area contributed by atoms with Crippen molar-refractivity contribution in [2.24, 2.45) is 5.92 Å². The predicted molar refractivity (Wildman–Crippen MR) is 110 cm³/mol. The molecular weight excluding hydrogens is 370 g/mol. The van der Waals surface area contributed by atoms with Crippen LogP contribution in [0.5, 0.6) is 5.75 Å². The molecule has 1 heterocycles. The van der Waals surface area contributed by atoms with Crippen LogP contribution in [-0.2, 0) is 4.79 Å². The molecule has 0 bridgehead atoms. The molecule has 1 saturated heterocycles. The molecule has 0 spiro atoms. The van der Waals surface area contributed by atoms with E-state index in [1.165, 1.54) is 4.90 Å². The maximum absolute atomic E-state index is 13.2. The highest BCUT2D eigenvalue weighted by Crippen LogP contribution is 2.26. The van der Waals surface area contributed by atoms with Crippen LogP contribution in [0.15, 0.2) is 24.3 Å². The van der Waals surface area contributed by atoms with Gasteiger partial charge in [0.15, 0.2) is 0 Å². The van der Waals surface area contributed by atoms with Gasteiger partial charge in [-0.2, -0.15) is 5.26 Å². The lowest BCUT2D eigenvalue weighted by molar-refractivity contribution is -0.141. The van der Waals surface area contributed by atoms with Gasteiger partial charge >= 0.3 is 6.09 Å². The number of amides is 2. The molecule has 7 nitrogen and oxygen atoms in total. The van der Waals surface area contributed by atoms with Crippen molar-refractivity contribution in [1.82, 2.24) is 9.80 Å². The molecule has 1 atom stereocenters. The minimum absolute atomic E-state index is 0.0114. The van der Waals surface area contributed by atoms with E-state index in [9.17, 15) is 14.7 Å². The minimum atomic E-state index is -1.08. The summed E-state index contributed by atoms with van der Waals surface area (Å²) in [5.74, 6) is 0.429. The first kappa shape index (κ1) is 22.5. The summed E-state index contributed by atoms with van der Waals surface area (Å²) in [5, 5.41) is 18.6. The van der Waals surface area contributed by atoms with Crippen molar-refractivity contribution in [3.63, 3.8) is 0 Å². The lowest BCUT2D eigenvalue weighted by Crippen LogP contribution is -2.60. The van der Waals surface area contributed by atoms with Gasteiger partial charge < -0.3 is 14.7 Å². The summed E-state index contributed by atoms with van der Waals surface area (Å²) in [4.78, 5) is 28.1. The van der Waals surface area contributed by atoms with E-state index in [0.29, 0.717) is 37.2 Å². The fourth-order valence-corrected chi connectivity index (χ4v) is 3.70. The highest BCUT2D eigenvalue weighted by Gasteiger charge is 2.41. The fourth-order valence-electron chi connectivity index (χ4n) is 3.70. The number of carbonyl (C=O) groups excluding carboxylic acids is 1. The summed E-state index contributed by atoms with van der Waals surface area (Å²) >= 11 is 0. The Labute approximate surface area is 172 Å². The molecule has 0 radical (unpaired) electrons. The van der Waals surface area contributed by atoms with Crippen molar-refractivity contribution in [2.75, 3.05) is 13.1 Å². The summed E-state index contributed by atoms with van der Waals surface area (Å²) < 4.78 is 5.98. The SMILES string of the molecule is CC(C)[C@@H](C(=O)N1CCC(Oc2ccc(C#N)cc2)CC1)N(C(=O)O)C(C)(C)C. The topological polar surface area (TPSA) is 93.9 Å². The van der Waals surface area contributed by atoms with Crippen molar-refractivity contribution in [1.29, 1.82) is 5.26 Å². The number of ether oxygens (including phenoxy) is 1. The van der Waals surface area contributed by atoms with Gasteiger partial charge in [0.05, 0.1) is 11.6 Å². The third-order valence-electron chi connectivity index (χ3n) is 5.13. The molecule has 1 aliphatic rings. The molecule has 1 N–H and O–H groups in total. The second-order valence-corrected chi connectivity index (χ2v) is 8.79. The summed E-state index contributed by atoms with van der Waals surface area (Å²) in [6, 6.07) is 8.35. The number of hydrogen-bond acceptors (Lipinski definition) is 4. The Morgan fingerprint density at radius 3 is 2.17 bits per heavy atom. The van der Waals surface area contributed by atoms with E-state index in [4.69, 9.17) is 10.00 Å². The van der Waals surface area contributed by atoms with E-state index in [0.717, 1.165) is 0 Å². The van der Waals surface area contributed by atoms with Crippen molar-refractivity contribution in [3.05, 3.63) is 29.8 Å². The number of carboxylic acid groups (broad SMARTS) is 1. The normalized spacial score (nSPS) is 16.2. The van der Waals surface area contributed by atoms with Gasteiger partial charge in [0.25, 0.3) is 0 Å². The number of nitrogens with zero attached hydrogens (tertiary/aromatic N) is 3. The number of piperidine rings is 1. The maximum atomic E-state index is 13.2. The van der Waals surface area contributed by atoms with Gasteiger partial charge in [-0.3, -0.25) is 9.69 Å². The van der Waals surface area contributed by atoms with Gasteiger partial charge in [-0.1, -0.05) is 13.8 Å². The third-order valence-corrected chi connectivity index (χ3v) is 5.13. The predicted octanol–water partition coefficient (Wildman–Crippen LogP) is 3.73. The van der Waals surface area contributed by atoms with Gasteiger partial charge in [-0.25, -0.2) is 4.79 Å². The molecule has 2 amide bonds. The largest absolute Gasteiger partial charge is 0.490 e. The highest BCUT2D eigenvalue weighted by atomic mass is 16.5. The van der Waals surface area contributed by atoms with E-state index in [2.05, 4.69) is 6.07 Å². The van der Waals surface area contributed by atoms with E-state index in [1.807, 2.05) is 13.8 Å². The second kappa shape index (κ2) is 9.17. The first-order valence-corrected chi connectivity index (χ1v) is 10.0. The van der Waals surface area contributed by atoms with Crippen molar-refractivity contribution < 1.29 is 19.4 Å². The van der Waals surface area contributed by atoms with Crippen molar-refractivity contribution >= 4 is 12.0 Å². The van der Waals surface area contributed by atoms with E-state index >= 15 is 0 Å². The van der Waals surface area contributed by atoms with Gasteiger partial charge in [0.2, 0.25) is 5.91 Å². The lowest BCUT2D eigenvalue weighted by Gasteiger charge is -2.43. The average Bonchev–Trinajstić information content (AvgIpc) is 2.65. The molecule has 1 fully saturated rings. The van der Waals surface area contributed by atoms with Crippen LogP contribution >= 0.6 is 0 Å². The Morgan fingerprint density at radius 2 is 1.76 bits per heavy atom. The van der Waals surface area contributed by atoms with Crippen LogP contribution in [0.3, 0.4) is 0 Å². The van der Waals surface area contributed by atoms with Gasteiger partial charge in [-0.05, 0) is 51.0 Å². The second-order valence-electron chi connectivity index (χ2n) is 8.79. The molecule has 7 heteroatoms. The van der Waals surface area contributed by atoms with Gasteiger partial charge in [-0.15, -0.1) is 0 Å². The number of carbonyl (C=O) groups is 2. The zero-order valence-corrected chi connectivity index (χ0v) is 17.9. The highest BCUT2D eigenvalue weighted by molar-refractivity contribution is 5.86. The number of hydrogen-bond donors (Lipinski definition) is 1. The van der Waals surface area contributed by atoms with E-state index in [-0.39, 0.29) is 17.9 Å². The Bertz CT molecular complexity index is 754. The van der Waals surface area contributed by atoms with Crippen LogP contribution in [-0.4, -0.2) is 57.7 Å². The van der Waals surface area contributed by atoms with Crippen LogP contribution in [0.2, 0.25) is 0 Å². The number of rotatable bonds is 5. The standard InChI is InChI=1S/C22H31N3O4/c1-15(2)19(25(21(27)28)22(3,4)5)20(26)24-12-10-18(11-13-24)29-17-8-6-16(14-23)7-9-17/h6-9,15,18-19H,10-13H2,1-5H3,(H,27,28)/t19-/m0/s1. The number of benzene rings is 1. The Kier molecular flexibility index (Phi) is 7.12. The molecule has 0 aromatic heterocycles. The maximum Gasteiger partial charge on any atom is 0.408 e. The molecule has 1 aromatic rings. The Balaban J connectivity index is 2.03. The van der Waals surface area contributed by atoms with Gasteiger partial charge in [0.1, 0.15) is 17.9 Å². The van der Waals surface area contributed by atoms with Crippen LogP contribution in [0.4, 0.5) is 4.79 Å². The molecule has 1 aromatic carbocycles. The number of nitriles is 1. The Hall–Kier alpha value is -2.75. The summed E-state index contributed by atoms with van der Waals surface area (Å²) in [7, 11) is 0. The van der Waals surface area contributed by atoms with Crippen LogP contribution in [0.1, 0.15) is 53.0 Å². The molecule has 0 saturated carbocycles. The monoisotopic (exact) mass is 401 g/mol. The van der Waals surface area contributed by atoms with Crippen molar-refractivity contribution in [3.8, 4) is 11.8 Å². The molecule has 2 rings (SSSR count). The first-order valence-electron chi connectivity index (χ1n) is 10.0. The molecule has 1 aliphatic heterocycles. The molecular formula is C22H31N3O4. The molecule has 0 aliphatic carbocycles. The molecule has 29 heavy (non-hydrogen) atoms. The molecule has 158 valence electrons. The van der Waals surface area contributed by atoms with Crippen molar-refractivity contribution in [2.45, 2.75) is 65.1 Å². The minimum Gasteiger partial charge on any atom is -0.490 e. The zero-order valence-electron chi connectivity index (χ0n) is 17.9. The summed E-state index contributed by atoms with van der Waals surface area (Å²) in [5.41, 5.74) is -0.0905. The third kappa shape index (κ3) is 5.63. The van der Waals surface area contributed by atoms with Crippen LogP contribution < -0.4 is 4.74 Å². The van der Waals surface area contributed by atoms with Gasteiger partial charge in [0, 0.05) is 31.5 Å². The zero-order chi connectivity index (χ0) is 21.8. The Morgan fingerprint density at radius 1 is 1.21 bits per heavy atom. The summed E-state index contributed by atoms with van der Waals surface area (Å²) in [6.07, 6.45) is 0.268. The first-order chi connectivity index (χ1) is 13.5. The number of likely N-dealkylation sites (tertiary alicyclic amines) is 1. The quantitative estimate of drug-likeness (QED) is 0.811. The smallest absolute Gasteiger partial charge is 0.408 e. The van der Waals surface area contributed by atoms with E-state index in [1.54, 1.807) is 49.9 Å². The summed E-state index contributed by atoms with van der Waals surface area (Å²) in [6.45, 7) is 10.2. The van der Waals surface area contributed by atoms with Crippen LogP contribution in [0.25, 0.3) is 0 Å². The lowest BCUT2D eigenvalue weighted by atomic mass is 9.94. The average molecular weight is 402 g/mol. The van der Waals surface area contributed by atoms with Crippen LogP contribution in [0, 0.1) is 17.2 Å². The van der Waals surface area contributed by atoms with E-state index < -0.39 is 17.7 Å².